The highest BCUT2D eigenvalue weighted by molar-refractivity contribution is 7.16. The number of alkyl halides is 1. The first kappa shape index (κ1) is 21.6. The molecule has 0 amide bonds. The van der Waals surface area contributed by atoms with Crippen molar-refractivity contribution < 1.29 is 0 Å². The molecule has 0 saturated heterocycles. The van der Waals surface area contributed by atoms with Gasteiger partial charge in [-0.3, -0.25) is 0 Å². The summed E-state index contributed by atoms with van der Waals surface area (Å²) in [6, 6.07) is 24.3. The molecule has 0 nitrogen and oxygen atoms in total. The third-order valence-corrected chi connectivity index (χ3v) is 7.34. The van der Waals surface area contributed by atoms with Gasteiger partial charge in [-0.15, -0.1) is 17.7 Å². The Balaban J connectivity index is 2.08. The van der Waals surface area contributed by atoms with Crippen LogP contribution < -0.4 is 16.4 Å². The predicted octanol–water partition coefficient (Wildman–Crippen LogP) is 6.40. The van der Waals surface area contributed by atoms with Crippen molar-refractivity contribution >= 4 is 68.9 Å². The van der Waals surface area contributed by atoms with Gasteiger partial charge in [-0.2, -0.15) is 21.9 Å². The molecule has 3 aromatic rings. The minimum Gasteiger partial charge on any atom is -0.199 e. The second-order valence-electron chi connectivity index (χ2n) is 7.85. The quantitative estimate of drug-likeness (QED) is 0.304. The van der Waals surface area contributed by atoms with Crippen LogP contribution in [-0.2, 0) is 0 Å². The average Bonchev–Trinajstić information content (AvgIpc) is 2.74. The molecule has 0 saturated carbocycles. The van der Waals surface area contributed by atoms with E-state index in [2.05, 4.69) is 61.5 Å². The monoisotopic (exact) mass is 471 g/mol. The molecule has 0 spiro atoms. The molecule has 0 fully saturated rings. The number of allylic oxidation sites excluding steroid dienone is 4. The fourth-order valence-electron chi connectivity index (χ4n) is 4.53. The molecule has 4 rings (SSSR count). The van der Waals surface area contributed by atoms with Crippen molar-refractivity contribution in [2.75, 3.05) is 0 Å². The molecule has 30 heavy (non-hydrogen) atoms. The van der Waals surface area contributed by atoms with Crippen LogP contribution in [0.5, 0.6) is 0 Å². The van der Waals surface area contributed by atoms with E-state index in [4.69, 9.17) is 46.4 Å². The molecule has 152 valence electrons. The third kappa shape index (κ3) is 3.97. The first-order valence-corrected chi connectivity index (χ1v) is 11.5. The molecule has 0 heterocycles. The van der Waals surface area contributed by atoms with Crippen LogP contribution in [0, 0.1) is 5.92 Å². The Bertz CT molecular complexity index is 973. The third-order valence-electron chi connectivity index (χ3n) is 6.04. The summed E-state index contributed by atoms with van der Waals surface area (Å²) in [6.07, 6.45) is 5.04. The van der Waals surface area contributed by atoms with Crippen LogP contribution >= 0.6 is 46.4 Å². The van der Waals surface area contributed by atoms with Crippen LogP contribution in [0.1, 0.15) is 6.92 Å². The number of hydrogen-bond donors (Lipinski definition) is 0. The molecule has 0 aliphatic heterocycles. The fourth-order valence-corrected chi connectivity index (χ4v) is 5.05. The van der Waals surface area contributed by atoms with Crippen molar-refractivity contribution in [2.24, 2.45) is 5.92 Å². The lowest BCUT2D eigenvalue weighted by Crippen LogP contribution is -2.68. The molecule has 0 N–H and O–H groups in total. The maximum atomic E-state index is 6.51. The van der Waals surface area contributed by atoms with Crippen LogP contribution in [0.3, 0.4) is 0 Å². The lowest BCUT2D eigenvalue weighted by atomic mass is 9.12. The first-order valence-electron chi connectivity index (χ1n) is 9.89. The van der Waals surface area contributed by atoms with Crippen molar-refractivity contribution in [3.8, 4) is 0 Å². The zero-order chi connectivity index (χ0) is 21.3. The van der Waals surface area contributed by atoms with Crippen LogP contribution in [0.15, 0.2) is 96.5 Å². The van der Waals surface area contributed by atoms with Gasteiger partial charge in [0.05, 0.1) is 5.38 Å². The number of benzene rings is 3. The van der Waals surface area contributed by atoms with Gasteiger partial charge in [0.2, 0.25) is 0 Å². The number of halogens is 4. The molecule has 1 aliphatic carbocycles. The summed E-state index contributed by atoms with van der Waals surface area (Å²) in [6.45, 7) is 2.15. The van der Waals surface area contributed by atoms with Crippen LogP contribution in [0.2, 0.25) is 15.1 Å². The van der Waals surface area contributed by atoms with E-state index < -0.39 is 6.15 Å². The topological polar surface area (TPSA) is 0 Å². The second-order valence-corrected chi connectivity index (χ2v) is 9.66. The Morgan fingerprint density at radius 3 is 1.33 bits per heavy atom. The minimum atomic E-state index is -1.49. The second kappa shape index (κ2) is 8.85. The molecule has 0 bridgehead atoms. The van der Waals surface area contributed by atoms with E-state index in [9.17, 15) is 0 Å². The molecule has 2 unspecified atom stereocenters. The van der Waals surface area contributed by atoms with Gasteiger partial charge in [-0.25, -0.2) is 0 Å². The summed E-state index contributed by atoms with van der Waals surface area (Å²) < 4.78 is 0. The van der Waals surface area contributed by atoms with Crippen molar-refractivity contribution in [2.45, 2.75) is 12.3 Å². The first-order chi connectivity index (χ1) is 14.4. The van der Waals surface area contributed by atoms with E-state index in [0.29, 0.717) is 15.1 Å². The Morgan fingerprint density at radius 1 is 0.633 bits per heavy atom. The molecule has 0 aromatic heterocycles. The van der Waals surface area contributed by atoms with Crippen LogP contribution in [0.4, 0.5) is 0 Å². The zero-order valence-electron chi connectivity index (χ0n) is 16.4. The normalized spacial score (nSPS) is 18.9. The average molecular weight is 473 g/mol. The largest absolute Gasteiger partial charge is 0.199 e. The minimum absolute atomic E-state index is 0.0251. The van der Waals surface area contributed by atoms with Crippen molar-refractivity contribution in [3.63, 3.8) is 0 Å². The summed E-state index contributed by atoms with van der Waals surface area (Å²) in [5, 5.41) is 2.09. The van der Waals surface area contributed by atoms with Crippen molar-refractivity contribution in [1.29, 1.82) is 0 Å². The van der Waals surface area contributed by atoms with Gasteiger partial charge in [0, 0.05) is 15.1 Å². The maximum absolute atomic E-state index is 6.51. The smallest absolute Gasteiger partial charge is 0.107 e. The Labute approximate surface area is 198 Å². The van der Waals surface area contributed by atoms with Gasteiger partial charge in [0.25, 0.3) is 0 Å². The van der Waals surface area contributed by atoms with Crippen LogP contribution in [0.25, 0.3) is 0 Å². The Hall–Kier alpha value is -1.64. The lowest BCUT2D eigenvalue weighted by Gasteiger charge is -2.46. The fraction of sp³-hybridized carbons (Fsp3) is 0.120. The molecule has 3 aromatic carbocycles. The standard InChI is InChI=1S/C25H20BCl4/c1-17-16-21(8-15-25(17)30)26(18-2-9-22(27)10-3-18,19-4-11-23(28)12-5-19)20-6-13-24(29)14-7-20/h2-17,25H,1H3/q-1. The van der Waals surface area contributed by atoms with Gasteiger partial charge < -0.3 is 0 Å². The lowest BCUT2D eigenvalue weighted by molar-refractivity contribution is 0.742. The molecular weight excluding hydrogens is 453 g/mol. The summed E-state index contributed by atoms with van der Waals surface area (Å²) >= 11 is 25.3. The zero-order valence-corrected chi connectivity index (χ0v) is 19.4. The van der Waals surface area contributed by atoms with Gasteiger partial charge >= 0.3 is 0 Å². The van der Waals surface area contributed by atoms with Crippen molar-refractivity contribution in [1.82, 2.24) is 0 Å². The van der Waals surface area contributed by atoms with E-state index in [1.54, 1.807) is 0 Å². The molecule has 1 aliphatic rings. The van der Waals surface area contributed by atoms with Gasteiger partial charge in [0.15, 0.2) is 0 Å². The van der Waals surface area contributed by atoms with E-state index in [1.165, 1.54) is 21.9 Å². The van der Waals surface area contributed by atoms with E-state index in [0.717, 1.165) is 0 Å². The highest BCUT2D eigenvalue weighted by Crippen LogP contribution is 2.28. The molecule has 2 atom stereocenters. The summed E-state index contributed by atoms with van der Waals surface area (Å²) in [4.78, 5) is 0. The van der Waals surface area contributed by atoms with Gasteiger partial charge in [-0.05, 0) is 42.3 Å². The summed E-state index contributed by atoms with van der Waals surface area (Å²) in [7, 11) is 0. The SMILES string of the molecule is CC1C=C([B-](c2ccc(Cl)cc2)(c2ccc(Cl)cc2)c2ccc(Cl)cc2)C=CC1Cl. The van der Waals surface area contributed by atoms with Gasteiger partial charge in [0.1, 0.15) is 6.15 Å². The van der Waals surface area contributed by atoms with E-state index in [1.807, 2.05) is 36.4 Å². The number of rotatable bonds is 4. The number of hydrogen-bond acceptors (Lipinski definition) is 0. The molecule has 0 radical (unpaired) electrons. The van der Waals surface area contributed by atoms with Gasteiger partial charge in [-0.1, -0.05) is 90.3 Å². The summed E-state index contributed by atoms with van der Waals surface area (Å²) in [5.41, 5.74) is 4.71. The molecular formula is C25H20BCl4-. The maximum Gasteiger partial charge on any atom is 0.107 e. The van der Waals surface area contributed by atoms with Crippen LogP contribution in [-0.4, -0.2) is 11.5 Å². The highest BCUT2D eigenvalue weighted by atomic mass is 35.5. The summed E-state index contributed by atoms with van der Waals surface area (Å²) in [5.74, 6) is 0.208. The van der Waals surface area contributed by atoms with Crippen molar-refractivity contribution in [3.05, 3.63) is 112 Å². The van der Waals surface area contributed by atoms with E-state index >= 15 is 0 Å². The van der Waals surface area contributed by atoms with E-state index in [-0.39, 0.29) is 11.3 Å². The molecule has 5 heteroatoms. The Kier molecular flexibility index (Phi) is 6.37. The predicted molar refractivity (Wildman–Crippen MR) is 135 cm³/mol. The Morgan fingerprint density at radius 2 is 1.00 bits per heavy atom. The highest BCUT2D eigenvalue weighted by Gasteiger charge is 2.34.